The van der Waals surface area contributed by atoms with E-state index < -0.39 is 4.92 Å². The van der Waals surface area contributed by atoms with E-state index in [2.05, 4.69) is 5.32 Å². The second-order valence-corrected chi connectivity index (χ2v) is 5.24. The lowest BCUT2D eigenvalue weighted by molar-refractivity contribution is -0.384. The van der Waals surface area contributed by atoms with Gasteiger partial charge in [0.2, 0.25) is 0 Å². The van der Waals surface area contributed by atoms with Crippen molar-refractivity contribution in [3.8, 4) is 0 Å². The predicted octanol–water partition coefficient (Wildman–Crippen LogP) is 4.33. The summed E-state index contributed by atoms with van der Waals surface area (Å²) in [6.07, 6.45) is 4.48. The van der Waals surface area contributed by atoms with Gasteiger partial charge >= 0.3 is 0 Å². The van der Waals surface area contributed by atoms with Crippen molar-refractivity contribution in [2.75, 3.05) is 5.32 Å². The number of hydrogen-bond donors (Lipinski definition) is 1. The molecule has 1 N–H and O–H groups in total. The fourth-order valence-electron chi connectivity index (χ4n) is 2.61. The first-order valence-corrected chi connectivity index (χ1v) is 6.79. The summed E-state index contributed by atoms with van der Waals surface area (Å²) in [6.45, 7) is 0. The van der Waals surface area contributed by atoms with Crippen molar-refractivity contribution in [3.63, 3.8) is 0 Å². The molecule has 1 unspecified atom stereocenters. The maximum absolute atomic E-state index is 11.1. The smallest absolute Gasteiger partial charge is 0.292 e. The lowest BCUT2D eigenvalue weighted by Crippen LogP contribution is -2.16. The van der Waals surface area contributed by atoms with Crippen molar-refractivity contribution in [3.05, 3.63) is 57.0 Å². The first-order chi connectivity index (χ1) is 9.65. The van der Waals surface area contributed by atoms with Crippen molar-refractivity contribution in [1.82, 2.24) is 0 Å². The molecule has 1 aliphatic rings. The maximum Gasteiger partial charge on any atom is 0.292 e. The van der Waals surface area contributed by atoms with E-state index in [0.717, 1.165) is 30.6 Å². The quantitative estimate of drug-likeness (QED) is 0.675. The van der Waals surface area contributed by atoms with Gasteiger partial charge in [-0.2, -0.15) is 0 Å². The highest BCUT2D eigenvalue weighted by atomic mass is 35.5. The molecule has 20 heavy (non-hydrogen) atoms. The molecule has 0 aliphatic heterocycles. The van der Waals surface area contributed by atoms with Crippen molar-refractivity contribution in [1.29, 1.82) is 0 Å². The van der Waals surface area contributed by atoms with Gasteiger partial charge in [-0.25, -0.2) is 0 Å². The number of nitrogens with zero attached hydrogens (tertiary/aromatic N) is 1. The van der Waals surface area contributed by atoms with Crippen LogP contribution in [-0.2, 0) is 6.42 Å². The molecule has 6 heteroatoms. The van der Waals surface area contributed by atoms with E-state index in [-0.39, 0.29) is 11.7 Å². The molecule has 104 valence electrons. The third-order valence-electron chi connectivity index (χ3n) is 3.54. The summed E-state index contributed by atoms with van der Waals surface area (Å²) in [6, 6.07) is 6.48. The van der Waals surface area contributed by atoms with Gasteiger partial charge in [-0.05, 0) is 31.0 Å². The van der Waals surface area contributed by atoms with Crippen LogP contribution in [0.2, 0.25) is 5.02 Å². The van der Waals surface area contributed by atoms with Crippen LogP contribution in [0.5, 0.6) is 0 Å². The molecule has 3 rings (SSSR count). The molecule has 0 radical (unpaired) electrons. The van der Waals surface area contributed by atoms with E-state index in [1.807, 2.05) is 6.07 Å². The minimum absolute atomic E-state index is 0.0228. The van der Waals surface area contributed by atoms with Crippen LogP contribution in [0.4, 0.5) is 11.4 Å². The Morgan fingerprint density at radius 2 is 2.25 bits per heavy atom. The Morgan fingerprint density at radius 1 is 1.40 bits per heavy atom. The Balaban J connectivity index is 1.93. The van der Waals surface area contributed by atoms with Crippen LogP contribution in [0.3, 0.4) is 0 Å². The highest BCUT2D eigenvalue weighted by molar-refractivity contribution is 6.31. The third kappa shape index (κ3) is 2.36. The number of rotatable bonds is 3. The van der Waals surface area contributed by atoms with E-state index in [1.54, 1.807) is 12.3 Å². The van der Waals surface area contributed by atoms with Crippen LogP contribution in [0.15, 0.2) is 34.9 Å². The van der Waals surface area contributed by atoms with E-state index >= 15 is 0 Å². The van der Waals surface area contributed by atoms with Crippen molar-refractivity contribution >= 4 is 23.0 Å². The van der Waals surface area contributed by atoms with Crippen LogP contribution >= 0.6 is 11.6 Å². The second-order valence-electron chi connectivity index (χ2n) is 4.81. The Kier molecular flexibility index (Phi) is 3.36. The molecular formula is C14H13ClN2O3. The monoisotopic (exact) mass is 292 g/mol. The third-order valence-corrected chi connectivity index (χ3v) is 3.77. The molecule has 0 bridgehead atoms. The van der Waals surface area contributed by atoms with Gasteiger partial charge in [0.25, 0.3) is 5.69 Å². The number of halogens is 1. The SMILES string of the molecule is O=[N+]([O-])c1ccc(Cl)cc1NC1CCCc2occc21. The van der Waals surface area contributed by atoms with E-state index in [4.69, 9.17) is 16.0 Å². The molecule has 5 nitrogen and oxygen atoms in total. The van der Waals surface area contributed by atoms with Gasteiger partial charge in [-0.1, -0.05) is 11.6 Å². The van der Waals surface area contributed by atoms with Gasteiger partial charge in [-0.3, -0.25) is 10.1 Å². The summed E-state index contributed by atoms with van der Waals surface area (Å²) in [4.78, 5) is 10.7. The summed E-state index contributed by atoms with van der Waals surface area (Å²) in [5.41, 5.74) is 1.55. The number of hydrogen-bond acceptors (Lipinski definition) is 4. The van der Waals surface area contributed by atoms with Crippen molar-refractivity contribution in [2.24, 2.45) is 0 Å². The van der Waals surface area contributed by atoms with Crippen LogP contribution in [0.25, 0.3) is 0 Å². The zero-order valence-electron chi connectivity index (χ0n) is 10.6. The lowest BCUT2D eigenvalue weighted by atomic mass is 9.93. The van der Waals surface area contributed by atoms with E-state index in [1.165, 1.54) is 12.1 Å². The second kappa shape index (κ2) is 5.17. The first kappa shape index (κ1) is 13.0. The maximum atomic E-state index is 11.1. The number of benzene rings is 1. The Morgan fingerprint density at radius 3 is 3.05 bits per heavy atom. The van der Waals surface area contributed by atoms with E-state index in [9.17, 15) is 10.1 Å². The van der Waals surface area contributed by atoms with Gasteiger partial charge in [0, 0.05) is 23.1 Å². The summed E-state index contributed by atoms with van der Waals surface area (Å²) >= 11 is 5.94. The highest BCUT2D eigenvalue weighted by Crippen LogP contribution is 2.36. The molecule has 0 saturated heterocycles. The predicted molar refractivity (Wildman–Crippen MR) is 76.1 cm³/mol. The number of fused-ring (bicyclic) bond motifs is 1. The minimum atomic E-state index is -0.405. The van der Waals surface area contributed by atoms with Gasteiger partial charge in [0.15, 0.2) is 0 Å². The zero-order valence-corrected chi connectivity index (χ0v) is 11.4. The van der Waals surface area contributed by atoms with Gasteiger partial charge in [0.05, 0.1) is 17.2 Å². The van der Waals surface area contributed by atoms with Crippen LogP contribution in [0.1, 0.15) is 30.2 Å². The molecule has 1 aromatic carbocycles. The summed E-state index contributed by atoms with van der Waals surface area (Å²) in [5.74, 6) is 0.957. The summed E-state index contributed by atoms with van der Waals surface area (Å²) in [7, 11) is 0. The molecule has 0 fully saturated rings. The standard InChI is InChI=1S/C14H13ClN2O3/c15-9-4-5-13(17(18)19)12(8-9)16-11-2-1-3-14-10(11)6-7-20-14/h4-8,11,16H,1-3H2. The average Bonchev–Trinajstić information content (AvgIpc) is 2.88. The molecule has 2 aromatic rings. The first-order valence-electron chi connectivity index (χ1n) is 6.42. The highest BCUT2D eigenvalue weighted by Gasteiger charge is 2.25. The van der Waals surface area contributed by atoms with Crippen molar-refractivity contribution < 1.29 is 9.34 Å². The van der Waals surface area contributed by atoms with Crippen LogP contribution in [0, 0.1) is 10.1 Å². The number of furan rings is 1. The summed E-state index contributed by atoms with van der Waals surface area (Å²) < 4.78 is 5.43. The topological polar surface area (TPSA) is 68.3 Å². The number of nitro groups is 1. The molecule has 1 aliphatic carbocycles. The largest absolute Gasteiger partial charge is 0.469 e. The fourth-order valence-corrected chi connectivity index (χ4v) is 2.78. The Bertz CT molecular complexity index is 654. The Labute approximate surface area is 120 Å². The number of nitro benzene ring substituents is 1. The van der Waals surface area contributed by atoms with Gasteiger partial charge in [0.1, 0.15) is 11.4 Å². The molecule has 0 amide bonds. The number of nitrogens with one attached hydrogen (secondary N) is 1. The molecule has 1 atom stereocenters. The summed E-state index contributed by atoms with van der Waals surface area (Å²) in [5, 5.41) is 14.8. The number of aryl methyl sites for hydroxylation is 1. The Hall–Kier alpha value is -2.01. The number of anilines is 1. The lowest BCUT2D eigenvalue weighted by Gasteiger charge is -2.23. The normalized spacial score (nSPS) is 17.6. The van der Waals surface area contributed by atoms with Gasteiger partial charge in [-0.15, -0.1) is 0 Å². The zero-order chi connectivity index (χ0) is 14.1. The van der Waals surface area contributed by atoms with Gasteiger partial charge < -0.3 is 9.73 Å². The van der Waals surface area contributed by atoms with E-state index in [0.29, 0.717) is 10.7 Å². The molecule has 1 heterocycles. The molecule has 1 aromatic heterocycles. The fraction of sp³-hybridized carbons (Fsp3) is 0.286. The van der Waals surface area contributed by atoms with Crippen LogP contribution in [-0.4, -0.2) is 4.92 Å². The van der Waals surface area contributed by atoms with Crippen LogP contribution < -0.4 is 5.32 Å². The average molecular weight is 293 g/mol. The molecular weight excluding hydrogens is 280 g/mol. The van der Waals surface area contributed by atoms with Crippen molar-refractivity contribution in [2.45, 2.75) is 25.3 Å². The molecule has 0 saturated carbocycles. The minimum Gasteiger partial charge on any atom is -0.469 e. The molecule has 0 spiro atoms.